The van der Waals surface area contributed by atoms with Crippen LogP contribution in [-0.4, -0.2) is 96.7 Å². The van der Waals surface area contributed by atoms with E-state index in [-0.39, 0.29) is 25.7 Å². The van der Waals surface area contributed by atoms with E-state index in [0.717, 1.165) is 108 Å². The van der Waals surface area contributed by atoms with E-state index in [0.29, 0.717) is 31.6 Å². The van der Waals surface area contributed by atoms with Crippen molar-refractivity contribution in [1.29, 1.82) is 0 Å². The van der Waals surface area contributed by atoms with Crippen LogP contribution in [0.2, 0.25) is 0 Å². The van der Waals surface area contributed by atoms with Crippen molar-refractivity contribution in [3.63, 3.8) is 0 Å². The predicted molar refractivity (Wildman–Crippen MR) is 358 cm³/mol. The number of aliphatic hydroxyl groups excluding tert-OH is 1. The van der Waals surface area contributed by atoms with Crippen LogP contribution in [-0.2, 0) is 65.4 Å². The number of unbranched alkanes of at least 4 members (excludes halogenated alkanes) is 33. The monoisotopic (exact) mass is 1310 g/mol. The molecular formula is C70H136O17P2. The zero-order valence-corrected chi connectivity index (χ0v) is 59.8. The fraction of sp³-hybridized carbons (Fsp3) is 0.943. The number of hydrogen-bond donors (Lipinski definition) is 3. The maximum atomic E-state index is 13.0. The Balaban J connectivity index is 5.21. The van der Waals surface area contributed by atoms with Gasteiger partial charge >= 0.3 is 39.5 Å². The van der Waals surface area contributed by atoms with Gasteiger partial charge in [-0.1, -0.05) is 293 Å². The Morgan fingerprint density at radius 1 is 0.281 bits per heavy atom. The maximum Gasteiger partial charge on any atom is 0.472 e. The third-order valence-corrected chi connectivity index (χ3v) is 18.0. The van der Waals surface area contributed by atoms with E-state index < -0.39 is 97.5 Å². The van der Waals surface area contributed by atoms with Gasteiger partial charge in [-0.3, -0.25) is 37.3 Å². The van der Waals surface area contributed by atoms with Gasteiger partial charge < -0.3 is 33.8 Å². The number of carbonyl (C=O) groups is 4. The highest BCUT2D eigenvalue weighted by molar-refractivity contribution is 7.47. The zero-order valence-electron chi connectivity index (χ0n) is 58.1. The fourth-order valence-electron chi connectivity index (χ4n) is 10.5. The van der Waals surface area contributed by atoms with Crippen molar-refractivity contribution in [2.24, 2.45) is 23.7 Å². The summed E-state index contributed by atoms with van der Waals surface area (Å²) in [4.78, 5) is 72.5. The van der Waals surface area contributed by atoms with Gasteiger partial charge in [0.15, 0.2) is 12.2 Å². The molecule has 0 aromatic heterocycles. The number of phosphoric ester groups is 2. The molecule has 0 saturated carbocycles. The number of hydrogen-bond acceptors (Lipinski definition) is 15. The molecular weight excluding hydrogens is 1170 g/mol. The molecule has 3 N–H and O–H groups in total. The smallest absolute Gasteiger partial charge is 0.462 e. The summed E-state index contributed by atoms with van der Waals surface area (Å²) in [5.74, 6) is 0.806. The molecule has 0 radical (unpaired) electrons. The van der Waals surface area contributed by atoms with E-state index in [1.54, 1.807) is 0 Å². The molecule has 0 heterocycles. The van der Waals surface area contributed by atoms with Gasteiger partial charge in [0, 0.05) is 25.7 Å². The average Bonchev–Trinajstić information content (AvgIpc) is 3.69. The minimum absolute atomic E-state index is 0.102. The third kappa shape index (κ3) is 64.6. The Bertz CT molecular complexity index is 1760. The molecule has 0 spiro atoms. The predicted octanol–water partition coefficient (Wildman–Crippen LogP) is 19.7. The zero-order chi connectivity index (χ0) is 66.1. The van der Waals surface area contributed by atoms with Crippen molar-refractivity contribution in [3.05, 3.63) is 0 Å². The van der Waals surface area contributed by atoms with Crippen LogP contribution >= 0.6 is 15.6 Å². The first kappa shape index (κ1) is 87.1. The van der Waals surface area contributed by atoms with Gasteiger partial charge in [-0.25, -0.2) is 9.13 Å². The Kier molecular flexibility index (Phi) is 58.5. The van der Waals surface area contributed by atoms with Crippen LogP contribution < -0.4 is 0 Å². The molecule has 5 atom stereocenters. The summed E-state index contributed by atoms with van der Waals surface area (Å²) in [5, 5.41) is 10.6. The van der Waals surface area contributed by atoms with Gasteiger partial charge in [0.2, 0.25) is 0 Å². The molecule has 89 heavy (non-hydrogen) atoms. The molecule has 0 rings (SSSR count). The van der Waals surface area contributed by atoms with Gasteiger partial charge in [-0.2, -0.15) is 0 Å². The summed E-state index contributed by atoms with van der Waals surface area (Å²) < 4.78 is 68.2. The molecule has 3 unspecified atom stereocenters. The first-order valence-corrected chi connectivity index (χ1v) is 39.2. The van der Waals surface area contributed by atoms with Crippen molar-refractivity contribution >= 4 is 39.5 Å². The highest BCUT2D eigenvalue weighted by atomic mass is 31.2. The van der Waals surface area contributed by atoms with E-state index in [1.165, 1.54) is 148 Å². The first-order chi connectivity index (χ1) is 42.6. The van der Waals surface area contributed by atoms with Crippen molar-refractivity contribution in [1.82, 2.24) is 0 Å². The SMILES string of the molecule is CC(C)CCCCCCCCCCCCCCCCC(=O)OC[C@H](COP(=O)(O)OCC(O)COP(=O)(O)OC[C@@H](COC(=O)CCCCCCCCCCC(C)C)OC(=O)CCCCCCCCCC(C)C)OC(=O)CCCCCCCCCCC(C)C. The maximum absolute atomic E-state index is 13.0. The van der Waals surface area contributed by atoms with Crippen LogP contribution in [0.4, 0.5) is 0 Å². The van der Waals surface area contributed by atoms with Crippen LogP contribution in [0.5, 0.6) is 0 Å². The molecule has 0 amide bonds. The van der Waals surface area contributed by atoms with Crippen LogP contribution in [0, 0.1) is 23.7 Å². The van der Waals surface area contributed by atoms with Crippen molar-refractivity contribution in [3.8, 4) is 0 Å². The van der Waals surface area contributed by atoms with E-state index in [4.69, 9.17) is 37.0 Å². The highest BCUT2D eigenvalue weighted by Gasteiger charge is 2.30. The molecule has 0 aromatic carbocycles. The lowest BCUT2D eigenvalue weighted by molar-refractivity contribution is -0.161. The lowest BCUT2D eigenvalue weighted by Crippen LogP contribution is -2.30. The van der Waals surface area contributed by atoms with Gasteiger partial charge in [-0.15, -0.1) is 0 Å². The summed E-state index contributed by atoms with van der Waals surface area (Å²) in [7, 11) is -9.90. The number of carbonyl (C=O) groups excluding carboxylic acids is 4. The lowest BCUT2D eigenvalue weighted by atomic mass is 10.0. The van der Waals surface area contributed by atoms with Crippen molar-refractivity contribution in [2.75, 3.05) is 39.6 Å². The molecule has 0 bridgehead atoms. The second-order valence-corrected chi connectivity index (χ2v) is 30.1. The molecule has 0 aliphatic rings. The van der Waals surface area contributed by atoms with E-state index in [9.17, 15) is 43.2 Å². The minimum atomic E-state index is -4.95. The topological polar surface area (TPSA) is 237 Å². The molecule has 528 valence electrons. The highest BCUT2D eigenvalue weighted by Crippen LogP contribution is 2.45. The van der Waals surface area contributed by atoms with E-state index in [1.807, 2.05) is 0 Å². The van der Waals surface area contributed by atoms with Gasteiger partial charge in [0.05, 0.1) is 26.4 Å². The standard InChI is InChI=1S/C70H136O17P2/c1-60(2)46-38-30-22-15-13-11-9-10-12-14-16-26-34-42-50-67(72)80-56-65(86-69(74)52-44-36-28-20-18-24-32-40-48-62(5)6)58-84-88(76,77)82-54-64(71)55-83-89(78,79)85-59-66(87-70(75)53-45-37-29-21-25-33-41-49-63(7)8)57-81-68(73)51-43-35-27-19-17-23-31-39-47-61(3)4/h60-66,71H,9-59H2,1-8H3,(H,76,77)(H,78,79)/t64?,65-,66-/m1/s1. The number of rotatable bonds is 67. The Labute approximate surface area is 543 Å². The van der Waals surface area contributed by atoms with Gasteiger partial charge in [0.25, 0.3) is 0 Å². The minimum Gasteiger partial charge on any atom is -0.462 e. The van der Waals surface area contributed by atoms with Crippen molar-refractivity contribution < 1.29 is 80.2 Å². The molecule has 0 aliphatic heterocycles. The van der Waals surface area contributed by atoms with Crippen LogP contribution in [0.25, 0.3) is 0 Å². The Morgan fingerprint density at radius 3 is 0.697 bits per heavy atom. The summed E-state index contributed by atoms with van der Waals surface area (Å²) in [6, 6.07) is 0. The molecule has 17 nitrogen and oxygen atoms in total. The average molecular weight is 1310 g/mol. The number of ether oxygens (including phenoxy) is 4. The second kappa shape index (κ2) is 59.8. The summed E-state index contributed by atoms with van der Waals surface area (Å²) in [6.07, 6.45) is 41.9. The molecule has 0 aromatic rings. The largest absolute Gasteiger partial charge is 0.472 e. The van der Waals surface area contributed by atoms with Crippen molar-refractivity contribution in [2.45, 2.75) is 363 Å². The van der Waals surface area contributed by atoms with Gasteiger partial charge in [0.1, 0.15) is 19.3 Å². The molecule has 0 fully saturated rings. The van der Waals surface area contributed by atoms with Gasteiger partial charge in [-0.05, 0) is 49.4 Å². The fourth-order valence-corrected chi connectivity index (χ4v) is 12.1. The summed E-state index contributed by atoms with van der Waals surface area (Å²) in [5.41, 5.74) is 0. The number of phosphoric acid groups is 2. The van der Waals surface area contributed by atoms with E-state index in [2.05, 4.69) is 55.4 Å². The number of esters is 4. The third-order valence-electron chi connectivity index (χ3n) is 16.1. The molecule has 0 aliphatic carbocycles. The first-order valence-electron chi connectivity index (χ1n) is 36.2. The summed E-state index contributed by atoms with van der Waals surface area (Å²) in [6.45, 7) is 14.0. The number of aliphatic hydroxyl groups is 1. The normalized spacial score (nSPS) is 14.3. The molecule has 0 saturated heterocycles. The summed E-state index contributed by atoms with van der Waals surface area (Å²) >= 11 is 0. The lowest BCUT2D eigenvalue weighted by Gasteiger charge is -2.21. The second-order valence-electron chi connectivity index (χ2n) is 27.2. The van der Waals surface area contributed by atoms with Crippen LogP contribution in [0.1, 0.15) is 344 Å². The van der Waals surface area contributed by atoms with E-state index >= 15 is 0 Å². The van der Waals surface area contributed by atoms with Crippen LogP contribution in [0.15, 0.2) is 0 Å². The quantitative estimate of drug-likeness (QED) is 0.0222. The Morgan fingerprint density at radius 2 is 0.472 bits per heavy atom. The molecule has 19 heteroatoms. The van der Waals surface area contributed by atoms with Crippen LogP contribution in [0.3, 0.4) is 0 Å². The Hall–Kier alpha value is -1.94.